The third-order valence-electron chi connectivity index (χ3n) is 1.82. The molecule has 0 aromatic carbocycles. The molecule has 0 bridgehead atoms. The van der Waals surface area contributed by atoms with Gasteiger partial charge < -0.3 is 18.8 Å². The third-order valence-corrected chi connectivity index (χ3v) is 1.82. The Bertz CT molecular complexity index is 55.7. The van der Waals surface area contributed by atoms with Gasteiger partial charge in [0.1, 0.15) is 0 Å². The van der Waals surface area contributed by atoms with E-state index >= 15 is 0 Å². The third kappa shape index (κ3) is 5.81. The fourth-order valence-electron chi connectivity index (χ4n) is 1.09. The summed E-state index contributed by atoms with van der Waals surface area (Å²) in [5, 5.41) is 0. The van der Waals surface area contributed by atoms with E-state index in [1.807, 2.05) is 0 Å². The summed E-state index contributed by atoms with van der Waals surface area (Å²) < 4.78 is 0. The Kier molecular flexibility index (Phi) is 11.5. The van der Waals surface area contributed by atoms with Crippen LogP contribution in [-0.4, -0.2) is 0 Å². The van der Waals surface area contributed by atoms with Crippen molar-refractivity contribution in [1.82, 2.24) is 0 Å². The Morgan fingerprint density at radius 2 is 1.40 bits per heavy atom. The van der Waals surface area contributed by atoms with Crippen molar-refractivity contribution < 1.29 is 65.4 Å². The molecule has 0 N–H and O–H groups in total. The summed E-state index contributed by atoms with van der Waals surface area (Å²) in [6, 6.07) is 0. The number of hydrogen-bond donors (Lipinski definition) is 0. The van der Waals surface area contributed by atoms with Crippen LogP contribution in [0.2, 0.25) is 0 Å². The van der Waals surface area contributed by atoms with Crippen molar-refractivity contribution >= 4 is 0 Å². The van der Waals surface area contributed by atoms with Crippen molar-refractivity contribution in [2.75, 3.05) is 0 Å². The molecule has 0 aromatic rings. The van der Waals surface area contributed by atoms with Crippen molar-refractivity contribution in [3.8, 4) is 0 Å². The Balaban J connectivity index is 0. The predicted molar refractivity (Wildman–Crippen MR) is 36.2 cm³/mol. The van der Waals surface area contributed by atoms with Gasteiger partial charge in [0, 0.05) is 65.4 Å². The first kappa shape index (κ1) is 14.7. The summed E-state index contributed by atoms with van der Waals surface area (Å²) in [4.78, 5) is 0. The maximum Gasteiger partial charge on any atom is 0 e. The first-order valence-electron chi connectivity index (χ1n) is 3.45. The molecule has 0 saturated heterocycles. The molecule has 0 amide bonds. The Morgan fingerprint density at radius 1 is 1.00 bits per heavy atom. The molecule has 2 radical (unpaired) electrons. The monoisotopic (exact) mass is 288 g/mol. The molecule has 1 fully saturated rings. The Morgan fingerprint density at radius 3 is 1.70 bits per heavy atom. The van der Waals surface area contributed by atoms with E-state index in [0.717, 1.165) is 11.8 Å². The second-order valence-electron chi connectivity index (χ2n) is 2.91. The smallest absolute Gasteiger partial charge is 0 e. The molecule has 1 aliphatic carbocycles. The average molecular weight is 288 g/mol. The first-order chi connectivity index (χ1) is 3.79. The molecule has 0 aliphatic heterocycles. The second kappa shape index (κ2) is 7.84. The number of hydrogen-bond acceptors (Lipinski definition) is 0. The van der Waals surface area contributed by atoms with Gasteiger partial charge in [-0.1, -0.05) is 12.8 Å². The standard InChI is InChI=1S/C8H14.2Y/c1-7-3-5-8(2)6-4-7;;/h3-4,7-8H,5-6H2,1-2H3;;/q-2;;. The van der Waals surface area contributed by atoms with Gasteiger partial charge in [0.25, 0.3) is 0 Å². The van der Waals surface area contributed by atoms with Crippen LogP contribution in [0.4, 0.5) is 0 Å². The zero-order valence-corrected chi connectivity index (χ0v) is 12.6. The molecule has 0 nitrogen and oxygen atoms in total. The van der Waals surface area contributed by atoms with Crippen molar-refractivity contribution in [3.63, 3.8) is 0 Å². The van der Waals surface area contributed by atoms with E-state index in [4.69, 9.17) is 0 Å². The molecule has 1 aliphatic rings. The summed E-state index contributed by atoms with van der Waals surface area (Å²) in [5.74, 6) is 1.68. The van der Waals surface area contributed by atoms with Gasteiger partial charge in [-0.05, 0) is 0 Å². The van der Waals surface area contributed by atoms with Crippen LogP contribution >= 0.6 is 0 Å². The predicted octanol–water partition coefficient (Wildman–Crippen LogP) is 2.46. The van der Waals surface area contributed by atoms with Crippen molar-refractivity contribution in [3.05, 3.63) is 12.8 Å². The van der Waals surface area contributed by atoms with E-state index < -0.39 is 0 Å². The summed E-state index contributed by atoms with van der Waals surface area (Å²) in [6.07, 6.45) is 7.43. The van der Waals surface area contributed by atoms with Gasteiger partial charge >= 0.3 is 0 Å². The van der Waals surface area contributed by atoms with Gasteiger partial charge in [0.15, 0.2) is 0 Å². The molecule has 1 saturated carbocycles. The van der Waals surface area contributed by atoms with E-state index in [1.54, 1.807) is 0 Å². The minimum Gasteiger partial charge on any atom is -0.355 e. The fourth-order valence-corrected chi connectivity index (χ4v) is 1.09. The molecule has 1 rings (SSSR count). The van der Waals surface area contributed by atoms with Crippen LogP contribution in [0.15, 0.2) is 0 Å². The summed E-state index contributed by atoms with van der Waals surface area (Å²) in [7, 11) is 0. The average Bonchev–Trinajstić information content (AvgIpc) is 1.77. The van der Waals surface area contributed by atoms with Crippen LogP contribution in [0.1, 0.15) is 26.7 Å². The molecule has 0 spiro atoms. The van der Waals surface area contributed by atoms with Crippen LogP contribution in [0, 0.1) is 24.7 Å². The maximum absolute atomic E-state index is 2.40. The summed E-state index contributed by atoms with van der Waals surface area (Å²) in [5.41, 5.74) is 0. The van der Waals surface area contributed by atoms with Crippen molar-refractivity contribution in [2.24, 2.45) is 11.8 Å². The van der Waals surface area contributed by atoms with Gasteiger partial charge in [-0.25, -0.2) is 0 Å². The fraction of sp³-hybridized carbons (Fsp3) is 0.750. The molecule has 0 heterocycles. The zero-order valence-electron chi connectivity index (χ0n) is 6.88. The second-order valence-corrected chi connectivity index (χ2v) is 2.91. The van der Waals surface area contributed by atoms with Crippen LogP contribution in [0.3, 0.4) is 0 Å². The molecular formula is C8H14Y2-2. The molecule has 2 heteroatoms. The summed E-state index contributed by atoms with van der Waals surface area (Å²) in [6.45, 7) is 4.56. The quantitative estimate of drug-likeness (QED) is 0.601. The van der Waals surface area contributed by atoms with Crippen molar-refractivity contribution in [1.29, 1.82) is 0 Å². The van der Waals surface area contributed by atoms with Gasteiger partial charge in [0.2, 0.25) is 0 Å². The van der Waals surface area contributed by atoms with E-state index in [-0.39, 0.29) is 65.4 Å². The van der Waals surface area contributed by atoms with Gasteiger partial charge in [-0.15, -0.1) is 6.92 Å². The molecular weight excluding hydrogens is 274 g/mol. The van der Waals surface area contributed by atoms with E-state index in [1.165, 1.54) is 12.8 Å². The first-order valence-corrected chi connectivity index (χ1v) is 3.45. The molecule has 10 heavy (non-hydrogen) atoms. The molecule has 0 atom stereocenters. The van der Waals surface area contributed by atoms with Crippen LogP contribution in [0.25, 0.3) is 0 Å². The van der Waals surface area contributed by atoms with Gasteiger partial charge in [0.05, 0.1) is 0 Å². The molecule has 54 valence electrons. The van der Waals surface area contributed by atoms with E-state index in [0.29, 0.717) is 0 Å². The zero-order chi connectivity index (χ0) is 5.98. The van der Waals surface area contributed by atoms with Crippen LogP contribution in [-0.2, 0) is 65.4 Å². The normalized spacial score (nSPS) is 31.8. The van der Waals surface area contributed by atoms with Crippen LogP contribution < -0.4 is 0 Å². The Hall–Kier alpha value is 2.21. The summed E-state index contributed by atoms with van der Waals surface area (Å²) >= 11 is 0. The van der Waals surface area contributed by atoms with E-state index in [2.05, 4.69) is 26.7 Å². The van der Waals surface area contributed by atoms with E-state index in [9.17, 15) is 0 Å². The topological polar surface area (TPSA) is 0 Å². The Labute approximate surface area is 115 Å². The minimum atomic E-state index is 0. The molecule has 0 aromatic heterocycles. The SMILES string of the molecule is CC1[CH-]CC(C)C[CH-]1.[Y].[Y]. The molecule has 0 unspecified atom stereocenters. The maximum atomic E-state index is 2.40. The van der Waals surface area contributed by atoms with Gasteiger partial charge in [-0.2, -0.15) is 12.8 Å². The van der Waals surface area contributed by atoms with Gasteiger partial charge in [-0.3, -0.25) is 0 Å². The van der Waals surface area contributed by atoms with Crippen molar-refractivity contribution in [2.45, 2.75) is 26.7 Å². The van der Waals surface area contributed by atoms with Crippen LogP contribution in [0.5, 0.6) is 0 Å². The minimum absolute atomic E-state index is 0. The largest absolute Gasteiger partial charge is 0.355 e. The number of rotatable bonds is 0.